The Hall–Kier alpha value is -3.88. The largest absolute Gasteiger partial charge is 0.416 e. The van der Waals surface area contributed by atoms with Crippen molar-refractivity contribution < 1.29 is 31.1 Å². The van der Waals surface area contributed by atoms with E-state index >= 15 is 0 Å². The number of hydrogen-bond donors (Lipinski definition) is 0. The molecule has 0 unspecified atom stereocenters. The summed E-state index contributed by atoms with van der Waals surface area (Å²) < 4.78 is 81.0. The van der Waals surface area contributed by atoms with Gasteiger partial charge in [0.15, 0.2) is 0 Å². The Kier molecular flexibility index (Phi) is 6.76. The van der Waals surface area contributed by atoms with Crippen LogP contribution in [0, 0.1) is 6.92 Å². The second kappa shape index (κ2) is 9.45. The molecule has 0 fully saturated rings. The summed E-state index contributed by atoms with van der Waals surface area (Å²) in [5.74, 6) is -0.679. The van der Waals surface area contributed by atoms with Crippen LogP contribution < -0.4 is 4.90 Å². The topological polar surface area (TPSA) is 33.2 Å². The zero-order valence-corrected chi connectivity index (χ0v) is 21.0. The van der Waals surface area contributed by atoms with Crippen molar-refractivity contribution in [3.8, 4) is 11.1 Å². The number of alkyl halides is 6. The van der Waals surface area contributed by atoms with Crippen LogP contribution in [-0.2, 0) is 22.6 Å². The second-order valence-corrected chi connectivity index (χ2v) is 9.63. The molecule has 4 aromatic rings. The number of hydrogen-bond acceptors (Lipinski definition) is 2. The van der Waals surface area contributed by atoms with Crippen molar-refractivity contribution in [3.05, 3.63) is 95.2 Å². The van der Waals surface area contributed by atoms with Gasteiger partial charge >= 0.3 is 12.4 Å². The van der Waals surface area contributed by atoms with Gasteiger partial charge in [-0.3, -0.25) is 9.78 Å². The third-order valence-electron chi connectivity index (χ3n) is 6.56. The molecule has 1 aromatic heterocycles. The molecule has 0 aliphatic heterocycles. The van der Waals surface area contributed by atoms with Gasteiger partial charge in [0.1, 0.15) is 0 Å². The van der Waals surface area contributed by atoms with E-state index in [-0.39, 0.29) is 6.07 Å². The van der Waals surface area contributed by atoms with Crippen LogP contribution in [0.5, 0.6) is 0 Å². The number of aryl methyl sites for hydroxylation is 1. The van der Waals surface area contributed by atoms with Crippen LogP contribution in [0.1, 0.15) is 36.2 Å². The molecule has 0 radical (unpaired) electrons. The number of carbonyl (C=O) groups is 1. The summed E-state index contributed by atoms with van der Waals surface area (Å²) >= 11 is 0. The van der Waals surface area contributed by atoms with E-state index in [2.05, 4.69) is 4.98 Å². The fraction of sp³-hybridized carbons (Fsp3) is 0.241. The Morgan fingerprint density at radius 3 is 1.87 bits per heavy atom. The maximum atomic E-state index is 13.8. The molecule has 0 atom stereocenters. The minimum absolute atomic E-state index is 0.0552. The lowest BCUT2D eigenvalue weighted by molar-refractivity contribution is -0.143. The molecule has 3 aromatic carbocycles. The molecule has 4 rings (SSSR count). The highest BCUT2D eigenvalue weighted by atomic mass is 19.4. The van der Waals surface area contributed by atoms with Gasteiger partial charge in [0.05, 0.1) is 27.7 Å². The SMILES string of the molecule is Cc1ccc2c(-c3ccccc3)c(N(C)C(=O)C(C)(C)c3cc(C(F)(F)F)cc(C(F)(F)F)c3)ccc2n1. The van der Waals surface area contributed by atoms with E-state index < -0.39 is 40.4 Å². The van der Waals surface area contributed by atoms with Crippen LogP contribution in [-0.4, -0.2) is 17.9 Å². The van der Waals surface area contributed by atoms with Crippen molar-refractivity contribution in [3.63, 3.8) is 0 Å². The van der Waals surface area contributed by atoms with Gasteiger partial charge in [-0.2, -0.15) is 26.3 Å². The van der Waals surface area contributed by atoms with Crippen LogP contribution in [0.4, 0.5) is 32.0 Å². The maximum absolute atomic E-state index is 13.8. The van der Waals surface area contributed by atoms with Gasteiger partial charge in [-0.25, -0.2) is 0 Å². The summed E-state index contributed by atoms with van der Waals surface area (Å²) in [6.07, 6.45) is -10.0. The number of rotatable bonds is 4. The van der Waals surface area contributed by atoms with Gasteiger partial charge in [0.2, 0.25) is 5.91 Å². The van der Waals surface area contributed by atoms with E-state index in [1.807, 2.05) is 49.4 Å². The van der Waals surface area contributed by atoms with Crippen LogP contribution >= 0.6 is 0 Å². The first-order valence-corrected chi connectivity index (χ1v) is 11.6. The van der Waals surface area contributed by atoms with Crippen molar-refractivity contribution >= 4 is 22.5 Å². The zero-order chi connectivity index (χ0) is 28.0. The van der Waals surface area contributed by atoms with Crippen LogP contribution in [0.25, 0.3) is 22.0 Å². The number of pyridine rings is 1. The molecule has 1 amide bonds. The molecule has 0 aliphatic carbocycles. The average molecular weight is 531 g/mol. The fourth-order valence-electron chi connectivity index (χ4n) is 4.45. The molecule has 0 N–H and O–H groups in total. The van der Waals surface area contributed by atoms with Gasteiger partial charge in [-0.15, -0.1) is 0 Å². The third-order valence-corrected chi connectivity index (χ3v) is 6.56. The number of halogens is 6. The Labute approximate surface area is 215 Å². The lowest BCUT2D eigenvalue weighted by Crippen LogP contribution is -2.42. The number of anilines is 1. The average Bonchev–Trinajstić information content (AvgIpc) is 2.86. The van der Waals surface area contributed by atoms with E-state index in [0.29, 0.717) is 28.9 Å². The Bertz CT molecular complexity index is 1480. The molecular weight excluding hydrogens is 506 g/mol. The van der Waals surface area contributed by atoms with Crippen LogP contribution in [0.2, 0.25) is 0 Å². The minimum Gasteiger partial charge on any atom is -0.314 e. The van der Waals surface area contributed by atoms with Gasteiger partial charge in [0, 0.05) is 23.7 Å². The molecule has 3 nitrogen and oxygen atoms in total. The summed E-state index contributed by atoms with van der Waals surface area (Å²) in [5, 5.41) is 0.746. The highest BCUT2D eigenvalue weighted by Crippen LogP contribution is 2.41. The summed E-state index contributed by atoms with van der Waals surface area (Å²) in [4.78, 5) is 19.6. The van der Waals surface area contributed by atoms with E-state index in [4.69, 9.17) is 0 Å². The normalized spacial score (nSPS) is 12.6. The Balaban J connectivity index is 1.87. The van der Waals surface area contributed by atoms with Crippen molar-refractivity contribution in [1.29, 1.82) is 0 Å². The minimum atomic E-state index is -5.02. The first kappa shape index (κ1) is 27.2. The van der Waals surface area contributed by atoms with Gasteiger partial charge in [-0.1, -0.05) is 36.4 Å². The summed E-state index contributed by atoms with van der Waals surface area (Å²) in [6.45, 7) is 4.48. The smallest absolute Gasteiger partial charge is 0.314 e. The number of nitrogens with zero attached hydrogens (tertiary/aromatic N) is 2. The Morgan fingerprint density at radius 1 is 0.763 bits per heavy atom. The number of aromatic nitrogens is 1. The Morgan fingerprint density at radius 2 is 1.32 bits per heavy atom. The highest BCUT2D eigenvalue weighted by Gasteiger charge is 2.41. The number of carbonyl (C=O) groups excluding carboxylic acids is 1. The summed E-state index contributed by atoms with van der Waals surface area (Å²) in [7, 11) is 1.46. The van der Waals surface area contributed by atoms with Crippen LogP contribution in [0.3, 0.4) is 0 Å². The highest BCUT2D eigenvalue weighted by molar-refractivity contribution is 6.08. The first-order chi connectivity index (χ1) is 17.6. The second-order valence-electron chi connectivity index (χ2n) is 9.63. The molecule has 0 bridgehead atoms. The molecule has 1 heterocycles. The third kappa shape index (κ3) is 5.10. The number of amides is 1. The van der Waals surface area contributed by atoms with Crippen molar-refractivity contribution in [2.75, 3.05) is 11.9 Å². The lowest BCUT2D eigenvalue weighted by Gasteiger charge is -2.32. The zero-order valence-electron chi connectivity index (χ0n) is 21.0. The number of likely N-dealkylation sites (N-methyl/N-ethyl adjacent to an activating group) is 1. The standard InChI is InChI=1S/C29H24F6N2O/c1-17-10-11-22-23(36-17)12-13-24(25(22)18-8-6-5-7-9-18)37(4)26(38)27(2,3)19-14-20(28(30,31)32)16-21(15-19)29(33,34)35/h5-16H,1-4H3. The predicted octanol–water partition coefficient (Wildman–Crippen LogP) is 8.19. The van der Waals surface area contributed by atoms with Gasteiger partial charge in [0.25, 0.3) is 0 Å². The first-order valence-electron chi connectivity index (χ1n) is 11.6. The fourth-order valence-corrected chi connectivity index (χ4v) is 4.45. The van der Waals surface area contributed by atoms with Gasteiger partial charge in [-0.05, 0) is 68.3 Å². The molecule has 38 heavy (non-hydrogen) atoms. The molecule has 0 saturated heterocycles. The number of fused-ring (bicyclic) bond motifs is 1. The monoisotopic (exact) mass is 530 g/mol. The molecular formula is C29H24F6N2O. The summed E-state index contributed by atoms with van der Waals surface area (Å²) in [6, 6.07) is 17.6. The predicted molar refractivity (Wildman–Crippen MR) is 135 cm³/mol. The van der Waals surface area contributed by atoms with E-state index in [0.717, 1.165) is 16.6 Å². The van der Waals surface area contributed by atoms with Crippen molar-refractivity contribution in [1.82, 2.24) is 4.98 Å². The maximum Gasteiger partial charge on any atom is 0.416 e. The molecule has 0 spiro atoms. The van der Waals surface area contributed by atoms with Crippen LogP contribution in [0.15, 0.2) is 72.8 Å². The van der Waals surface area contributed by atoms with Crippen molar-refractivity contribution in [2.45, 2.75) is 38.5 Å². The van der Waals surface area contributed by atoms with Crippen molar-refractivity contribution in [2.24, 2.45) is 0 Å². The molecule has 9 heteroatoms. The van der Waals surface area contributed by atoms with Gasteiger partial charge < -0.3 is 4.90 Å². The molecule has 198 valence electrons. The van der Waals surface area contributed by atoms with E-state index in [1.165, 1.54) is 25.8 Å². The molecule has 0 aliphatic rings. The molecule has 0 saturated carbocycles. The van der Waals surface area contributed by atoms with E-state index in [9.17, 15) is 31.1 Å². The number of benzene rings is 3. The summed E-state index contributed by atoms with van der Waals surface area (Å²) in [5.41, 5.74) is -1.71. The van der Waals surface area contributed by atoms with E-state index in [1.54, 1.807) is 12.1 Å². The quantitative estimate of drug-likeness (QED) is 0.249. The lowest BCUT2D eigenvalue weighted by atomic mass is 9.81.